The molecule has 3 N–H and O–H groups in total. The van der Waals surface area contributed by atoms with Crippen LogP contribution in [-0.4, -0.2) is 54.4 Å². The van der Waals surface area contributed by atoms with E-state index < -0.39 is 0 Å². The van der Waals surface area contributed by atoms with Crippen molar-refractivity contribution in [1.29, 1.82) is 0 Å². The van der Waals surface area contributed by atoms with Crippen molar-refractivity contribution in [2.75, 3.05) is 33.4 Å². The first-order valence-electron chi connectivity index (χ1n) is 6.73. The van der Waals surface area contributed by atoms with Crippen molar-refractivity contribution in [2.24, 2.45) is 5.73 Å². The fourth-order valence-corrected chi connectivity index (χ4v) is 2.23. The molecule has 1 aromatic heterocycles. The number of nitrogens with two attached hydrogens (primary N) is 1. The number of aromatic nitrogens is 1. The number of rotatable bonds is 9. The minimum atomic E-state index is 0.00704. The SMILES string of the molecule is CCC(N)C(c1cccnc1)N(CCO)CCOC. The second kappa shape index (κ2) is 8.98. The first kappa shape index (κ1) is 16.0. The van der Waals surface area contributed by atoms with Crippen LogP contribution in [-0.2, 0) is 4.74 Å². The van der Waals surface area contributed by atoms with Crippen molar-refractivity contribution in [1.82, 2.24) is 9.88 Å². The van der Waals surface area contributed by atoms with Crippen LogP contribution in [0, 0.1) is 0 Å². The standard InChI is InChI=1S/C14H25N3O2/c1-3-13(15)14(12-5-4-6-16-11-12)17(7-9-18)8-10-19-2/h4-6,11,13-14,18H,3,7-10,15H2,1-2H3. The van der Waals surface area contributed by atoms with Gasteiger partial charge in [-0.1, -0.05) is 13.0 Å². The molecule has 0 saturated carbocycles. The smallest absolute Gasteiger partial charge is 0.0589 e. The monoisotopic (exact) mass is 267 g/mol. The molecule has 0 aromatic carbocycles. The third-order valence-corrected chi connectivity index (χ3v) is 3.27. The van der Waals surface area contributed by atoms with Crippen LogP contribution in [0.4, 0.5) is 0 Å². The van der Waals surface area contributed by atoms with Crippen molar-refractivity contribution in [2.45, 2.75) is 25.4 Å². The Hall–Kier alpha value is -1.01. The third kappa shape index (κ3) is 4.87. The molecule has 2 atom stereocenters. The van der Waals surface area contributed by atoms with Crippen molar-refractivity contribution >= 4 is 0 Å². The molecule has 1 heterocycles. The molecule has 2 unspecified atom stereocenters. The average molecular weight is 267 g/mol. The third-order valence-electron chi connectivity index (χ3n) is 3.27. The molecule has 19 heavy (non-hydrogen) atoms. The van der Waals surface area contributed by atoms with Gasteiger partial charge in [-0.15, -0.1) is 0 Å². The highest BCUT2D eigenvalue weighted by atomic mass is 16.5. The van der Waals surface area contributed by atoms with Gasteiger partial charge in [-0.05, 0) is 18.1 Å². The molecule has 0 bridgehead atoms. The summed E-state index contributed by atoms with van der Waals surface area (Å²) in [5.74, 6) is 0. The quantitative estimate of drug-likeness (QED) is 0.692. The molecule has 0 aliphatic heterocycles. The van der Waals surface area contributed by atoms with Crippen LogP contribution in [0.25, 0.3) is 0 Å². The van der Waals surface area contributed by atoms with Crippen LogP contribution in [0.15, 0.2) is 24.5 Å². The van der Waals surface area contributed by atoms with Crippen LogP contribution >= 0.6 is 0 Å². The van der Waals surface area contributed by atoms with E-state index in [1.807, 2.05) is 18.3 Å². The van der Waals surface area contributed by atoms with Gasteiger partial charge in [0.05, 0.1) is 19.3 Å². The molecule has 0 aliphatic rings. The molecule has 0 aliphatic carbocycles. The first-order chi connectivity index (χ1) is 9.24. The van der Waals surface area contributed by atoms with Gasteiger partial charge in [0.25, 0.3) is 0 Å². The summed E-state index contributed by atoms with van der Waals surface area (Å²) in [6.07, 6.45) is 4.47. The highest BCUT2D eigenvalue weighted by Crippen LogP contribution is 2.24. The van der Waals surface area contributed by atoms with Crippen LogP contribution in [0.1, 0.15) is 24.9 Å². The molecule has 0 amide bonds. The molecule has 5 heteroatoms. The number of hydrogen-bond donors (Lipinski definition) is 2. The fourth-order valence-electron chi connectivity index (χ4n) is 2.23. The van der Waals surface area contributed by atoms with Gasteiger partial charge < -0.3 is 15.6 Å². The topological polar surface area (TPSA) is 71.6 Å². The van der Waals surface area contributed by atoms with Gasteiger partial charge in [0.1, 0.15) is 0 Å². The maximum Gasteiger partial charge on any atom is 0.0589 e. The number of pyridine rings is 1. The zero-order valence-electron chi connectivity index (χ0n) is 11.8. The number of aliphatic hydroxyl groups is 1. The predicted octanol–water partition coefficient (Wildman–Crippen LogP) is 0.801. The zero-order chi connectivity index (χ0) is 14.1. The van der Waals surface area contributed by atoms with E-state index in [-0.39, 0.29) is 18.7 Å². The highest BCUT2D eigenvalue weighted by Gasteiger charge is 2.25. The maximum absolute atomic E-state index is 9.25. The van der Waals surface area contributed by atoms with Gasteiger partial charge in [0.2, 0.25) is 0 Å². The van der Waals surface area contributed by atoms with Crippen molar-refractivity contribution in [3.05, 3.63) is 30.1 Å². The van der Waals surface area contributed by atoms with Gasteiger partial charge in [-0.2, -0.15) is 0 Å². The largest absolute Gasteiger partial charge is 0.395 e. The van der Waals surface area contributed by atoms with Gasteiger partial charge in [-0.3, -0.25) is 9.88 Å². The van der Waals surface area contributed by atoms with E-state index in [1.165, 1.54) is 0 Å². The molecule has 0 fully saturated rings. The molecule has 108 valence electrons. The van der Waals surface area contributed by atoms with E-state index in [0.29, 0.717) is 13.2 Å². The first-order valence-corrected chi connectivity index (χ1v) is 6.73. The lowest BCUT2D eigenvalue weighted by Gasteiger charge is -2.35. The summed E-state index contributed by atoms with van der Waals surface area (Å²) >= 11 is 0. The molecule has 0 spiro atoms. The Labute approximate surface area is 115 Å². The molecular weight excluding hydrogens is 242 g/mol. The van der Waals surface area contributed by atoms with Gasteiger partial charge in [-0.25, -0.2) is 0 Å². The normalized spacial score (nSPS) is 14.6. The summed E-state index contributed by atoms with van der Waals surface area (Å²) < 4.78 is 5.14. The van der Waals surface area contributed by atoms with Gasteiger partial charge >= 0.3 is 0 Å². The Balaban J connectivity index is 2.92. The van der Waals surface area contributed by atoms with Crippen LogP contribution in [0.2, 0.25) is 0 Å². The fraction of sp³-hybridized carbons (Fsp3) is 0.643. The van der Waals surface area contributed by atoms with E-state index in [4.69, 9.17) is 10.5 Å². The molecule has 1 rings (SSSR count). The summed E-state index contributed by atoms with van der Waals surface area (Å²) in [5, 5.41) is 9.25. The van der Waals surface area contributed by atoms with Crippen LogP contribution in [0.5, 0.6) is 0 Å². The number of aliphatic hydroxyl groups excluding tert-OH is 1. The highest BCUT2D eigenvalue weighted by molar-refractivity contribution is 5.16. The molecule has 0 radical (unpaired) electrons. The average Bonchev–Trinajstić information content (AvgIpc) is 2.46. The zero-order valence-corrected chi connectivity index (χ0v) is 11.8. The number of ether oxygens (including phenoxy) is 1. The lowest BCUT2D eigenvalue weighted by Crippen LogP contribution is -2.43. The second-order valence-corrected chi connectivity index (χ2v) is 4.56. The molecule has 0 saturated heterocycles. The molecule has 5 nitrogen and oxygen atoms in total. The summed E-state index contributed by atoms with van der Waals surface area (Å²) in [7, 11) is 1.68. The molecular formula is C14H25N3O2. The van der Waals surface area contributed by atoms with E-state index in [2.05, 4.69) is 16.8 Å². The Morgan fingerprint density at radius 1 is 1.47 bits per heavy atom. The Bertz CT molecular complexity index is 335. The van der Waals surface area contributed by atoms with Crippen LogP contribution < -0.4 is 5.73 Å². The van der Waals surface area contributed by atoms with Crippen LogP contribution in [0.3, 0.4) is 0 Å². The Kier molecular flexibility index (Phi) is 7.59. The van der Waals surface area contributed by atoms with Crippen molar-refractivity contribution < 1.29 is 9.84 Å². The predicted molar refractivity (Wildman–Crippen MR) is 75.8 cm³/mol. The minimum absolute atomic E-state index is 0.00704. The second-order valence-electron chi connectivity index (χ2n) is 4.56. The number of hydrogen-bond acceptors (Lipinski definition) is 5. The Morgan fingerprint density at radius 3 is 2.79 bits per heavy atom. The van der Waals surface area contributed by atoms with Gasteiger partial charge in [0.15, 0.2) is 0 Å². The summed E-state index contributed by atoms with van der Waals surface area (Å²) in [5.41, 5.74) is 7.34. The summed E-state index contributed by atoms with van der Waals surface area (Å²) in [6, 6.07) is 4.01. The minimum Gasteiger partial charge on any atom is -0.395 e. The van der Waals surface area contributed by atoms with Gasteiger partial charge in [0, 0.05) is 38.6 Å². The van der Waals surface area contributed by atoms with E-state index >= 15 is 0 Å². The van der Waals surface area contributed by atoms with Crippen molar-refractivity contribution in [3.63, 3.8) is 0 Å². The number of nitrogens with zero attached hydrogens (tertiary/aromatic N) is 2. The lowest BCUT2D eigenvalue weighted by molar-refractivity contribution is 0.0898. The molecule has 1 aromatic rings. The van der Waals surface area contributed by atoms with E-state index in [0.717, 1.165) is 18.5 Å². The lowest BCUT2D eigenvalue weighted by atomic mass is 9.97. The van der Waals surface area contributed by atoms with E-state index in [1.54, 1.807) is 13.3 Å². The number of methoxy groups -OCH3 is 1. The summed E-state index contributed by atoms with van der Waals surface area (Å²) in [6.45, 7) is 4.12. The van der Waals surface area contributed by atoms with Crippen molar-refractivity contribution in [3.8, 4) is 0 Å². The summed E-state index contributed by atoms with van der Waals surface area (Å²) in [4.78, 5) is 6.33. The van der Waals surface area contributed by atoms with E-state index in [9.17, 15) is 5.11 Å². The Morgan fingerprint density at radius 2 is 2.26 bits per heavy atom. The maximum atomic E-state index is 9.25.